The van der Waals surface area contributed by atoms with Crippen LogP contribution < -0.4 is 4.90 Å². The van der Waals surface area contributed by atoms with Gasteiger partial charge in [-0.3, -0.25) is 0 Å². The third-order valence-corrected chi connectivity index (χ3v) is 5.40. The molecular weight excluding hydrogens is 324 g/mol. The summed E-state index contributed by atoms with van der Waals surface area (Å²) in [5, 5.41) is 4.48. The van der Waals surface area contributed by atoms with Crippen molar-refractivity contribution in [2.75, 3.05) is 18.0 Å². The molecule has 4 aromatic rings. The molecule has 4 heterocycles. The molecule has 5 rings (SSSR count). The van der Waals surface area contributed by atoms with E-state index in [-0.39, 0.29) is 0 Å². The van der Waals surface area contributed by atoms with Crippen LogP contribution in [0.15, 0.2) is 42.6 Å². The minimum absolute atomic E-state index is 0.417. The molecule has 6 nitrogen and oxygen atoms in total. The molecule has 3 aromatic heterocycles. The first kappa shape index (κ1) is 15.4. The Bertz CT molecular complexity index is 1090. The van der Waals surface area contributed by atoms with Gasteiger partial charge >= 0.3 is 0 Å². The second-order valence-electron chi connectivity index (χ2n) is 7.16. The molecule has 0 spiro atoms. The third-order valence-electron chi connectivity index (χ3n) is 5.40. The lowest BCUT2D eigenvalue weighted by Crippen LogP contribution is -2.36. The van der Waals surface area contributed by atoms with E-state index in [2.05, 4.69) is 56.9 Å². The number of para-hydroxylation sites is 2. The highest BCUT2D eigenvalue weighted by atomic mass is 15.3. The maximum absolute atomic E-state index is 4.94. The molecule has 1 aromatic carbocycles. The van der Waals surface area contributed by atoms with Gasteiger partial charge in [0.1, 0.15) is 11.6 Å². The fraction of sp³-hybridized carbons (Fsp3) is 0.350. The van der Waals surface area contributed by atoms with Gasteiger partial charge < -0.3 is 9.47 Å². The molecule has 0 unspecified atom stereocenters. The number of hydrogen-bond donors (Lipinski definition) is 0. The molecule has 0 saturated carbocycles. The summed E-state index contributed by atoms with van der Waals surface area (Å²) in [7, 11) is 2.13. The summed E-state index contributed by atoms with van der Waals surface area (Å²) in [5.74, 6) is 2.72. The Morgan fingerprint density at radius 3 is 2.88 bits per heavy atom. The molecule has 1 fully saturated rings. The Labute approximate surface area is 152 Å². The predicted octanol–water partition coefficient (Wildman–Crippen LogP) is 3.31. The van der Waals surface area contributed by atoms with Crippen LogP contribution in [0.25, 0.3) is 16.7 Å². The van der Waals surface area contributed by atoms with E-state index in [1.165, 1.54) is 17.8 Å². The third kappa shape index (κ3) is 2.36. The Morgan fingerprint density at radius 2 is 2.00 bits per heavy atom. The van der Waals surface area contributed by atoms with E-state index < -0.39 is 0 Å². The van der Waals surface area contributed by atoms with Crippen molar-refractivity contribution in [1.82, 2.24) is 24.1 Å². The standard InChI is InChI=1S/C20H22N6/c1-14-12-19(26-18(22-14)9-10-21-26)25-11-5-6-15(13-25)20-23-16-7-3-4-8-17(16)24(20)2/h3-4,7-10,12,15H,5-6,11,13H2,1-2H3/t15-/m1/s1. The minimum atomic E-state index is 0.417. The molecule has 0 amide bonds. The molecule has 6 heteroatoms. The van der Waals surface area contributed by atoms with Crippen molar-refractivity contribution in [2.24, 2.45) is 7.05 Å². The molecule has 0 N–H and O–H groups in total. The Kier molecular flexibility index (Phi) is 3.45. The molecule has 0 aliphatic carbocycles. The maximum Gasteiger partial charge on any atom is 0.157 e. The molecule has 132 valence electrons. The van der Waals surface area contributed by atoms with Gasteiger partial charge in [-0.2, -0.15) is 9.61 Å². The lowest BCUT2D eigenvalue weighted by molar-refractivity contribution is 0.478. The van der Waals surface area contributed by atoms with Gasteiger partial charge in [0.25, 0.3) is 0 Å². The number of anilines is 1. The molecule has 1 atom stereocenters. The van der Waals surface area contributed by atoms with Crippen molar-refractivity contribution in [3.63, 3.8) is 0 Å². The Morgan fingerprint density at radius 1 is 1.12 bits per heavy atom. The number of benzene rings is 1. The summed E-state index contributed by atoms with van der Waals surface area (Å²) in [4.78, 5) is 11.9. The molecule has 0 radical (unpaired) electrons. The van der Waals surface area contributed by atoms with E-state index in [0.29, 0.717) is 5.92 Å². The first-order valence-corrected chi connectivity index (χ1v) is 9.18. The lowest BCUT2D eigenvalue weighted by atomic mass is 9.97. The molecule has 1 saturated heterocycles. The smallest absolute Gasteiger partial charge is 0.157 e. The van der Waals surface area contributed by atoms with Gasteiger partial charge in [-0.05, 0) is 31.9 Å². The van der Waals surface area contributed by atoms with Crippen molar-refractivity contribution in [2.45, 2.75) is 25.7 Å². The largest absolute Gasteiger partial charge is 0.356 e. The molecule has 1 aliphatic heterocycles. The maximum atomic E-state index is 4.94. The average Bonchev–Trinajstić information content (AvgIpc) is 3.26. The number of rotatable bonds is 2. The first-order valence-electron chi connectivity index (χ1n) is 9.18. The van der Waals surface area contributed by atoms with Gasteiger partial charge in [-0.25, -0.2) is 9.97 Å². The van der Waals surface area contributed by atoms with E-state index in [9.17, 15) is 0 Å². The van der Waals surface area contributed by atoms with Crippen molar-refractivity contribution in [1.29, 1.82) is 0 Å². The Balaban J connectivity index is 1.53. The fourth-order valence-electron chi connectivity index (χ4n) is 4.17. The number of fused-ring (bicyclic) bond motifs is 2. The second kappa shape index (κ2) is 5.83. The van der Waals surface area contributed by atoms with E-state index in [4.69, 9.17) is 4.98 Å². The van der Waals surface area contributed by atoms with Gasteiger partial charge in [0, 0.05) is 43.9 Å². The van der Waals surface area contributed by atoms with Crippen LogP contribution in [0.3, 0.4) is 0 Å². The van der Waals surface area contributed by atoms with Crippen LogP contribution >= 0.6 is 0 Å². The van der Waals surface area contributed by atoms with E-state index in [0.717, 1.165) is 42.2 Å². The molecule has 0 bridgehead atoms. The number of imidazole rings is 1. The van der Waals surface area contributed by atoms with Gasteiger partial charge in [-0.15, -0.1) is 0 Å². The van der Waals surface area contributed by atoms with Gasteiger partial charge in [-0.1, -0.05) is 12.1 Å². The highest BCUT2D eigenvalue weighted by Gasteiger charge is 2.27. The summed E-state index contributed by atoms with van der Waals surface area (Å²) in [6, 6.07) is 12.5. The monoisotopic (exact) mass is 346 g/mol. The fourth-order valence-corrected chi connectivity index (χ4v) is 4.17. The van der Waals surface area contributed by atoms with Crippen LogP contribution in [0.4, 0.5) is 5.82 Å². The van der Waals surface area contributed by atoms with E-state index in [1.54, 1.807) is 0 Å². The quantitative estimate of drug-likeness (QED) is 0.559. The zero-order valence-corrected chi connectivity index (χ0v) is 15.1. The number of piperidine rings is 1. The first-order chi connectivity index (χ1) is 12.7. The summed E-state index contributed by atoms with van der Waals surface area (Å²) in [5.41, 5.74) is 4.22. The van der Waals surface area contributed by atoms with Crippen LogP contribution in [-0.2, 0) is 7.05 Å². The summed E-state index contributed by atoms with van der Waals surface area (Å²) < 4.78 is 4.20. The van der Waals surface area contributed by atoms with Crippen molar-refractivity contribution in [3.05, 3.63) is 54.1 Å². The molecule has 26 heavy (non-hydrogen) atoms. The van der Waals surface area contributed by atoms with E-state index in [1.807, 2.05) is 23.7 Å². The van der Waals surface area contributed by atoms with Crippen molar-refractivity contribution in [3.8, 4) is 0 Å². The minimum Gasteiger partial charge on any atom is -0.356 e. The Hall–Kier alpha value is -2.89. The number of aromatic nitrogens is 5. The average molecular weight is 346 g/mol. The summed E-state index contributed by atoms with van der Waals surface area (Å²) in [6.45, 7) is 4.04. The highest BCUT2D eigenvalue weighted by Crippen LogP contribution is 2.31. The van der Waals surface area contributed by atoms with E-state index >= 15 is 0 Å². The number of nitrogens with zero attached hydrogens (tertiary/aromatic N) is 6. The van der Waals surface area contributed by atoms with Crippen LogP contribution in [0.2, 0.25) is 0 Å². The lowest BCUT2D eigenvalue weighted by Gasteiger charge is -2.34. The van der Waals surface area contributed by atoms with Crippen molar-refractivity contribution >= 4 is 22.5 Å². The number of aryl methyl sites for hydroxylation is 2. The number of hydrogen-bond acceptors (Lipinski definition) is 4. The normalized spacial score (nSPS) is 18.1. The van der Waals surface area contributed by atoms with Crippen LogP contribution in [-0.4, -0.2) is 37.2 Å². The zero-order valence-electron chi connectivity index (χ0n) is 15.1. The zero-order chi connectivity index (χ0) is 17.7. The van der Waals surface area contributed by atoms with Crippen LogP contribution in [0, 0.1) is 6.92 Å². The molecular formula is C20H22N6. The van der Waals surface area contributed by atoms with Gasteiger partial charge in [0.05, 0.1) is 17.2 Å². The van der Waals surface area contributed by atoms with Crippen molar-refractivity contribution < 1.29 is 0 Å². The van der Waals surface area contributed by atoms with Gasteiger partial charge in [0.15, 0.2) is 5.65 Å². The SMILES string of the molecule is Cc1cc(N2CCC[C@@H](c3nc4ccccc4n3C)C2)n2nccc2n1. The second-order valence-corrected chi connectivity index (χ2v) is 7.16. The topological polar surface area (TPSA) is 51.2 Å². The van der Waals surface area contributed by atoms with Gasteiger partial charge in [0.2, 0.25) is 0 Å². The molecule has 1 aliphatic rings. The van der Waals surface area contributed by atoms with Crippen LogP contribution in [0.1, 0.15) is 30.3 Å². The highest BCUT2D eigenvalue weighted by molar-refractivity contribution is 5.76. The summed E-state index contributed by atoms with van der Waals surface area (Å²) in [6.07, 6.45) is 4.14. The van der Waals surface area contributed by atoms with Crippen LogP contribution in [0.5, 0.6) is 0 Å². The predicted molar refractivity (Wildman–Crippen MR) is 103 cm³/mol. The summed E-state index contributed by atoms with van der Waals surface area (Å²) >= 11 is 0.